The van der Waals surface area contributed by atoms with Crippen LogP contribution in [0.4, 0.5) is 10.1 Å². The van der Waals surface area contributed by atoms with Crippen LogP contribution in [0.15, 0.2) is 50.5 Å². The molecule has 1 aromatic heterocycles. The number of aromatic nitrogens is 1. The van der Waals surface area contributed by atoms with Gasteiger partial charge in [0.15, 0.2) is 5.58 Å². The van der Waals surface area contributed by atoms with Crippen molar-refractivity contribution in [3.05, 3.63) is 57.8 Å². The fraction of sp³-hybridized carbons (Fsp3) is 0.300. The van der Waals surface area contributed by atoms with Gasteiger partial charge < -0.3 is 9.73 Å². The van der Waals surface area contributed by atoms with Crippen LogP contribution in [0, 0.1) is 5.82 Å². The quantitative estimate of drug-likeness (QED) is 0.599. The summed E-state index contributed by atoms with van der Waals surface area (Å²) in [6, 6.07) is 8.07. The molecule has 1 fully saturated rings. The maximum Gasteiger partial charge on any atom is 0.419 e. The number of amides is 1. The van der Waals surface area contributed by atoms with E-state index in [2.05, 4.69) is 5.32 Å². The molecule has 0 unspecified atom stereocenters. The highest BCUT2D eigenvalue weighted by Crippen LogP contribution is 2.24. The van der Waals surface area contributed by atoms with Crippen molar-refractivity contribution in [2.24, 2.45) is 0 Å². The fourth-order valence-electron chi connectivity index (χ4n) is 3.51. The van der Waals surface area contributed by atoms with Gasteiger partial charge in [-0.3, -0.25) is 9.36 Å². The standard InChI is InChI=1S/C20H19ClFN3O5S/c21-15-11-13(3-5-16(15)22)23-19(26)7-10-25-17-6-4-14(12-18(17)30-20(25)27)31(28,29)24-8-1-2-9-24/h3-6,11-12H,1-2,7-10H2,(H,23,26). The van der Waals surface area contributed by atoms with Crippen molar-refractivity contribution >= 4 is 44.3 Å². The highest BCUT2D eigenvalue weighted by atomic mass is 35.5. The third-order valence-corrected chi connectivity index (χ3v) is 7.29. The minimum atomic E-state index is -3.64. The molecule has 1 aliphatic heterocycles. The van der Waals surface area contributed by atoms with Crippen LogP contribution in [-0.2, 0) is 21.4 Å². The number of rotatable bonds is 6. The predicted octanol–water partition coefficient (Wildman–Crippen LogP) is 3.20. The second kappa shape index (κ2) is 8.45. The smallest absolute Gasteiger partial charge is 0.408 e. The molecule has 2 aromatic carbocycles. The van der Waals surface area contributed by atoms with Crippen LogP contribution in [-0.4, -0.2) is 36.3 Å². The van der Waals surface area contributed by atoms with Crippen molar-refractivity contribution in [1.82, 2.24) is 8.87 Å². The van der Waals surface area contributed by atoms with Crippen molar-refractivity contribution in [2.45, 2.75) is 30.7 Å². The Morgan fingerprint density at radius 3 is 2.61 bits per heavy atom. The van der Waals surface area contributed by atoms with Crippen LogP contribution in [0.1, 0.15) is 19.3 Å². The lowest BCUT2D eigenvalue weighted by Crippen LogP contribution is -2.27. The van der Waals surface area contributed by atoms with E-state index in [4.69, 9.17) is 16.0 Å². The van der Waals surface area contributed by atoms with E-state index in [1.165, 1.54) is 39.2 Å². The van der Waals surface area contributed by atoms with E-state index < -0.39 is 27.5 Å². The summed E-state index contributed by atoms with van der Waals surface area (Å²) in [5, 5.41) is 2.46. The van der Waals surface area contributed by atoms with Crippen LogP contribution >= 0.6 is 11.6 Å². The summed E-state index contributed by atoms with van der Waals surface area (Å²) in [5.74, 6) is -1.69. The number of oxazole rings is 1. The molecule has 0 saturated carbocycles. The van der Waals surface area contributed by atoms with Crippen molar-refractivity contribution in [2.75, 3.05) is 18.4 Å². The molecule has 0 bridgehead atoms. The number of anilines is 1. The largest absolute Gasteiger partial charge is 0.419 e. The van der Waals surface area contributed by atoms with Gasteiger partial charge >= 0.3 is 5.76 Å². The van der Waals surface area contributed by atoms with Gasteiger partial charge in [-0.15, -0.1) is 0 Å². The zero-order valence-corrected chi connectivity index (χ0v) is 17.9. The first-order valence-electron chi connectivity index (χ1n) is 9.64. The van der Waals surface area contributed by atoms with Crippen LogP contribution in [0.2, 0.25) is 5.02 Å². The highest BCUT2D eigenvalue weighted by Gasteiger charge is 2.28. The third kappa shape index (κ3) is 4.36. The Bertz CT molecular complexity index is 1310. The van der Waals surface area contributed by atoms with Crippen LogP contribution < -0.4 is 11.1 Å². The molecule has 3 aromatic rings. The minimum Gasteiger partial charge on any atom is -0.408 e. The Morgan fingerprint density at radius 1 is 1.16 bits per heavy atom. The Labute approximate surface area is 182 Å². The topological polar surface area (TPSA) is 102 Å². The maximum absolute atomic E-state index is 13.2. The number of carbonyl (C=O) groups is 1. The summed E-state index contributed by atoms with van der Waals surface area (Å²) in [6.45, 7) is 0.963. The number of fused-ring (bicyclic) bond motifs is 1. The van der Waals surface area contributed by atoms with Gasteiger partial charge in [-0.05, 0) is 43.2 Å². The van der Waals surface area contributed by atoms with E-state index in [0.29, 0.717) is 24.3 Å². The first-order chi connectivity index (χ1) is 14.8. The van der Waals surface area contributed by atoms with Crippen molar-refractivity contribution in [3.63, 3.8) is 0 Å². The summed E-state index contributed by atoms with van der Waals surface area (Å²) < 4.78 is 46.5. The van der Waals surface area contributed by atoms with Crippen molar-refractivity contribution in [3.8, 4) is 0 Å². The average molecular weight is 468 g/mol. The highest BCUT2D eigenvalue weighted by molar-refractivity contribution is 7.89. The number of halogens is 2. The zero-order valence-electron chi connectivity index (χ0n) is 16.3. The first-order valence-corrected chi connectivity index (χ1v) is 11.5. The molecule has 0 spiro atoms. The zero-order chi connectivity index (χ0) is 22.2. The number of nitrogens with one attached hydrogen (secondary N) is 1. The molecule has 2 heterocycles. The lowest BCUT2D eigenvalue weighted by molar-refractivity contribution is -0.116. The molecule has 4 rings (SSSR count). The SMILES string of the molecule is O=C(CCn1c(=O)oc2cc(S(=O)(=O)N3CCCC3)ccc21)Nc1ccc(F)c(Cl)c1. The Hall–Kier alpha value is -2.69. The molecule has 11 heteroatoms. The van der Waals surface area contributed by atoms with E-state index in [1.807, 2.05) is 0 Å². The molecule has 0 radical (unpaired) electrons. The molecular weight excluding hydrogens is 449 g/mol. The summed E-state index contributed by atoms with van der Waals surface area (Å²) in [6.07, 6.45) is 1.58. The van der Waals surface area contributed by atoms with Crippen LogP contribution in [0.25, 0.3) is 11.1 Å². The van der Waals surface area contributed by atoms with Gasteiger partial charge in [0, 0.05) is 37.8 Å². The number of nitrogens with zero attached hydrogens (tertiary/aromatic N) is 2. The average Bonchev–Trinajstić information content (AvgIpc) is 3.37. The first kappa shape index (κ1) is 21.5. The number of benzene rings is 2. The minimum absolute atomic E-state index is 0.0187. The number of hydrogen-bond acceptors (Lipinski definition) is 5. The van der Waals surface area contributed by atoms with Gasteiger partial charge in [-0.25, -0.2) is 17.6 Å². The molecular formula is C20H19ClFN3O5S. The van der Waals surface area contributed by atoms with E-state index in [-0.39, 0.29) is 28.5 Å². The summed E-state index contributed by atoms with van der Waals surface area (Å²) in [4.78, 5) is 24.5. The molecule has 1 saturated heterocycles. The fourth-order valence-corrected chi connectivity index (χ4v) is 5.22. The molecule has 1 N–H and O–H groups in total. The second-order valence-electron chi connectivity index (χ2n) is 7.19. The van der Waals surface area contributed by atoms with Crippen molar-refractivity contribution in [1.29, 1.82) is 0 Å². The number of sulfonamides is 1. The molecule has 1 amide bonds. The Morgan fingerprint density at radius 2 is 1.90 bits per heavy atom. The third-order valence-electron chi connectivity index (χ3n) is 5.11. The molecule has 31 heavy (non-hydrogen) atoms. The van der Waals surface area contributed by atoms with E-state index in [1.54, 1.807) is 0 Å². The van der Waals surface area contributed by atoms with Gasteiger partial charge in [-0.2, -0.15) is 4.31 Å². The Balaban J connectivity index is 1.50. The van der Waals surface area contributed by atoms with Gasteiger partial charge in [0.05, 0.1) is 15.4 Å². The summed E-state index contributed by atoms with van der Waals surface area (Å²) in [5.41, 5.74) is 0.858. The number of aryl methyl sites for hydroxylation is 1. The van der Waals surface area contributed by atoms with Gasteiger partial charge in [-0.1, -0.05) is 11.6 Å². The normalized spacial score (nSPS) is 14.9. The van der Waals surface area contributed by atoms with Crippen molar-refractivity contribution < 1.29 is 22.0 Å². The number of carbonyl (C=O) groups excluding carboxylic acids is 1. The Kier molecular flexibility index (Phi) is 5.87. The number of hydrogen-bond donors (Lipinski definition) is 1. The van der Waals surface area contributed by atoms with Crippen LogP contribution in [0.3, 0.4) is 0 Å². The van der Waals surface area contributed by atoms with Crippen LogP contribution in [0.5, 0.6) is 0 Å². The van der Waals surface area contributed by atoms with Gasteiger partial charge in [0.25, 0.3) is 0 Å². The predicted molar refractivity (Wildman–Crippen MR) is 113 cm³/mol. The lowest BCUT2D eigenvalue weighted by atomic mass is 10.3. The van der Waals surface area contributed by atoms with Gasteiger partial charge in [0.1, 0.15) is 5.82 Å². The molecule has 8 nitrogen and oxygen atoms in total. The second-order valence-corrected chi connectivity index (χ2v) is 9.53. The summed E-state index contributed by atoms with van der Waals surface area (Å²) in [7, 11) is -3.64. The van der Waals surface area contributed by atoms with E-state index in [9.17, 15) is 22.4 Å². The summed E-state index contributed by atoms with van der Waals surface area (Å²) >= 11 is 5.70. The lowest BCUT2D eigenvalue weighted by Gasteiger charge is -2.15. The molecule has 0 aliphatic carbocycles. The molecule has 0 atom stereocenters. The maximum atomic E-state index is 13.2. The van der Waals surface area contributed by atoms with E-state index in [0.717, 1.165) is 18.9 Å². The van der Waals surface area contributed by atoms with Gasteiger partial charge in [0.2, 0.25) is 15.9 Å². The molecule has 1 aliphatic rings. The molecule has 164 valence electrons. The monoisotopic (exact) mass is 467 g/mol. The van der Waals surface area contributed by atoms with E-state index >= 15 is 0 Å².